The standard InChI is InChI=1S/C6H13N/c1-5(2)6(3)4-7-6/h5,7H,4H2,1-3H3. The Balaban J connectivity index is 2.39. The van der Waals surface area contributed by atoms with E-state index in [2.05, 4.69) is 26.1 Å². The SMILES string of the molecule is CC(C)C1(C)CN1. The molecular formula is C6H13N. The van der Waals surface area contributed by atoms with Crippen LogP contribution >= 0.6 is 0 Å². The lowest BCUT2D eigenvalue weighted by Gasteiger charge is -2.08. The second-order valence-corrected chi connectivity index (χ2v) is 2.93. The van der Waals surface area contributed by atoms with Crippen LogP contribution in [0.5, 0.6) is 0 Å². The molecule has 0 aromatic heterocycles. The summed E-state index contributed by atoms with van der Waals surface area (Å²) in [6.45, 7) is 7.97. The topological polar surface area (TPSA) is 21.9 Å². The molecule has 0 amide bonds. The van der Waals surface area contributed by atoms with Gasteiger partial charge in [0.1, 0.15) is 0 Å². The molecule has 0 aliphatic carbocycles. The average Bonchev–Trinajstić information content (AvgIpc) is 2.21. The van der Waals surface area contributed by atoms with E-state index >= 15 is 0 Å². The molecular weight excluding hydrogens is 86.1 g/mol. The summed E-state index contributed by atoms with van der Waals surface area (Å²) in [4.78, 5) is 0. The number of nitrogens with one attached hydrogen (secondary N) is 1. The van der Waals surface area contributed by atoms with E-state index in [4.69, 9.17) is 0 Å². The molecule has 7 heavy (non-hydrogen) atoms. The summed E-state index contributed by atoms with van der Waals surface area (Å²) in [7, 11) is 0. The molecule has 0 saturated carbocycles. The minimum Gasteiger partial charge on any atom is -0.308 e. The Kier molecular flexibility index (Phi) is 0.890. The molecule has 1 nitrogen and oxygen atoms in total. The summed E-state index contributed by atoms with van der Waals surface area (Å²) in [5, 5.41) is 3.31. The maximum atomic E-state index is 3.31. The van der Waals surface area contributed by atoms with Gasteiger partial charge in [0, 0.05) is 12.1 Å². The zero-order valence-corrected chi connectivity index (χ0v) is 5.28. The first-order chi connectivity index (χ1) is 3.15. The van der Waals surface area contributed by atoms with Crippen molar-refractivity contribution in [2.45, 2.75) is 26.3 Å². The highest BCUT2D eigenvalue weighted by Gasteiger charge is 2.39. The van der Waals surface area contributed by atoms with Gasteiger partial charge in [-0.15, -0.1) is 0 Å². The van der Waals surface area contributed by atoms with Gasteiger partial charge in [-0.3, -0.25) is 0 Å². The number of hydrogen-bond donors (Lipinski definition) is 1. The minimum atomic E-state index is 0.500. The van der Waals surface area contributed by atoms with Gasteiger partial charge >= 0.3 is 0 Å². The molecule has 1 aliphatic heterocycles. The van der Waals surface area contributed by atoms with E-state index in [1.165, 1.54) is 6.54 Å². The van der Waals surface area contributed by atoms with Crippen LogP contribution < -0.4 is 5.32 Å². The van der Waals surface area contributed by atoms with Crippen molar-refractivity contribution in [2.24, 2.45) is 5.92 Å². The van der Waals surface area contributed by atoms with Gasteiger partial charge in [-0.1, -0.05) is 13.8 Å². The van der Waals surface area contributed by atoms with E-state index in [0.717, 1.165) is 5.92 Å². The van der Waals surface area contributed by atoms with Gasteiger partial charge in [0.25, 0.3) is 0 Å². The van der Waals surface area contributed by atoms with Gasteiger partial charge in [-0.25, -0.2) is 0 Å². The Morgan fingerprint density at radius 1 is 1.57 bits per heavy atom. The second-order valence-electron chi connectivity index (χ2n) is 2.93. The Morgan fingerprint density at radius 3 is 2.00 bits per heavy atom. The summed E-state index contributed by atoms with van der Waals surface area (Å²) in [5.74, 6) is 0.799. The lowest BCUT2D eigenvalue weighted by atomic mass is 9.99. The predicted octanol–water partition coefficient (Wildman–Crippen LogP) is 1.00. The number of rotatable bonds is 1. The predicted molar refractivity (Wildman–Crippen MR) is 31.2 cm³/mol. The van der Waals surface area contributed by atoms with Crippen molar-refractivity contribution in [3.05, 3.63) is 0 Å². The van der Waals surface area contributed by atoms with E-state index in [1.807, 2.05) is 0 Å². The maximum absolute atomic E-state index is 3.31. The summed E-state index contributed by atoms with van der Waals surface area (Å²) in [6.07, 6.45) is 0. The molecule has 1 heterocycles. The highest BCUT2D eigenvalue weighted by atomic mass is 15.2. The van der Waals surface area contributed by atoms with Crippen LogP contribution in [0.4, 0.5) is 0 Å². The average molecular weight is 99.2 g/mol. The van der Waals surface area contributed by atoms with Gasteiger partial charge < -0.3 is 5.32 Å². The lowest BCUT2D eigenvalue weighted by molar-refractivity contribution is 0.490. The molecule has 0 aromatic rings. The van der Waals surface area contributed by atoms with Gasteiger partial charge in [0.05, 0.1) is 0 Å². The molecule has 1 saturated heterocycles. The maximum Gasteiger partial charge on any atom is 0.0301 e. The molecule has 42 valence electrons. The molecule has 0 radical (unpaired) electrons. The quantitative estimate of drug-likeness (QED) is 0.487. The Bertz CT molecular complexity index is 72.2. The molecule has 0 bridgehead atoms. The third-order valence-corrected chi connectivity index (χ3v) is 2.01. The molecule has 1 rings (SSSR count). The fourth-order valence-corrected chi connectivity index (χ4v) is 0.548. The monoisotopic (exact) mass is 99.1 g/mol. The molecule has 0 spiro atoms. The van der Waals surface area contributed by atoms with Crippen molar-refractivity contribution >= 4 is 0 Å². The van der Waals surface area contributed by atoms with Crippen LogP contribution in [0.1, 0.15) is 20.8 Å². The van der Waals surface area contributed by atoms with E-state index in [1.54, 1.807) is 0 Å². The Labute approximate surface area is 45.1 Å². The van der Waals surface area contributed by atoms with Crippen molar-refractivity contribution in [3.8, 4) is 0 Å². The highest BCUT2D eigenvalue weighted by Crippen LogP contribution is 2.24. The van der Waals surface area contributed by atoms with Gasteiger partial charge in [-0.2, -0.15) is 0 Å². The van der Waals surface area contributed by atoms with E-state index in [-0.39, 0.29) is 0 Å². The summed E-state index contributed by atoms with van der Waals surface area (Å²) in [5.41, 5.74) is 0.500. The fraction of sp³-hybridized carbons (Fsp3) is 1.00. The summed E-state index contributed by atoms with van der Waals surface area (Å²) in [6, 6.07) is 0. The molecule has 0 aromatic carbocycles. The molecule has 1 unspecified atom stereocenters. The molecule has 1 atom stereocenters. The summed E-state index contributed by atoms with van der Waals surface area (Å²) < 4.78 is 0. The van der Waals surface area contributed by atoms with Crippen LogP contribution in [0, 0.1) is 5.92 Å². The highest BCUT2D eigenvalue weighted by molar-refractivity contribution is 5.01. The van der Waals surface area contributed by atoms with Crippen molar-refractivity contribution in [2.75, 3.05) is 6.54 Å². The fourth-order valence-electron chi connectivity index (χ4n) is 0.548. The zero-order valence-electron chi connectivity index (χ0n) is 5.28. The largest absolute Gasteiger partial charge is 0.308 e. The lowest BCUT2D eigenvalue weighted by Crippen LogP contribution is -2.17. The van der Waals surface area contributed by atoms with Gasteiger partial charge in [0.15, 0.2) is 0 Å². The van der Waals surface area contributed by atoms with Crippen LogP contribution in [-0.2, 0) is 0 Å². The van der Waals surface area contributed by atoms with Crippen molar-refractivity contribution in [1.29, 1.82) is 0 Å². The molecule has 1 aliphatic rings. The number of hydrogen-bond acceptors (Lipinski definition) is 1. The minimum absolute atomic E-state index is 0.500. The Hall–Kier alpha value is -0.0400. The first kappa shape index (κ1) is 5.10. The van der Waals surface area contributed by atoms with E-state index in [9.17, 15) is 0 Å². The van der Waals surface area contributed by atoms with Crippen LogP contribution in [0.2, 0.25) is 0 Å². The van der Waals surface area contributed by atoms with E-state index in [0.29, 0.717) is 5.54 Å². The van der Waals surface area contributed by atoms with Gasteiger partial charge in [0.2, 0.25) is 0 Å². The molecule has 1 heteroatoms. The smallest absolute Gasteiger partial charge is 0.0301 e. The van der Waals surface area contributed by atoms with Crippen LogP contribution in [0.25, 0.3) is 0 Å². The first-order valence-electron chi connectivity index (χ1n) is 2.90. The van der Waals surface area contributed by atoms with Crippen molar-refractivity contribution < 1.29 is 0 Å². The normalized spacial score (nSPS) is 39.4. The van der Waals surface area contributed by atoms with Crippen LogP contribution in [0.3, 0.4) is 0 Å². The molecule has 1 fully saturated rings. The van der Waals surface area contributed by atoms with Crippen molar-refractivity contribution in [1.82, 2.24) is 5.32 Å². The van der Waals surface area contributed by atoms with Crippen molar-refractivity contribution in [3.63, 3.8) is 0 Å². The van der Waals surface area contributed by atoms with Crippen LogP contribution in [-0.4, -0.2) is 12.1 Å². The zero-order chi connectivity index (χ0) is 5.49. The third kappa shape index (κ3) is 0.778. The second kappa shape index (κ2) is 1.22. The van der Waals surface area contributed by atoms with Gasteiger partial charge in [-0.05, 0) is 12.8 Å². The third-order valence-electron chi connectivity index (χ3n) is 2.01. The molecule has 1 N–H and O–H groups in total. The Morgan fingerprint density at radius 2 is 2.00 bits per heavy atom. The first-order valence-corrected chi connectivity index (χ1v) is 2.90. The van der Waals surface area contributed by atoms with Crippen LogP contribution in [0.15, 0.2) is 0 Å². The van der Waals surface area contributed by atoms with E-state index < -0.39 is 0 Å². The summed E-state index contributed by atoms with van der Waals surface area (Å²) >= 11 is 0.